The zero-order valence-electron chi connectivity index (χ0n) is 12.7. The standard InChI is InChI=1S/C15H25NO5/c1-20-7-8-21-11-12-3-6-16(10-12)13(17)9-15(14(18)19)4-2-5-15/h12H,2-11H2,1H3,(H,18,19). The number of carbonyl (C=O) groups is 2. The lowest BCUT2D eigenvalue weighted by atomic mass is 9.66. The molecule has 2 rings (SSSR count). The van der Waals surface area contributed by atoms with Gasteiger partial charge in [-0.25, -0.2) is 0 Å². The van der Waals surface area contributed by atoms with Crippen LogP contribution >= 0.6 is 0 Å². The van der Waals surface area contributed by atoms with Crippen molar-refractivity contribution >= 4 is 11.9 Å². The molecule has 0 aromatic carbocycles. The maximum Gasteiger partial charge on any atom is 0.310 e. The molecule has 6 nitrogen and oxygen atoms in total. The van der Waals surface area contributed by atoms with E-state index >= 15 is 0 Å². The van der Waals surface area contributed by atoms with E-state index in [2.05, 4.69) is 0 Å². The van der Waals surface area contributed by atoms with Gasteiger partial charge in [0.15, 0.2) is 0 Å². The minimum absolute atomic E-state index is 0.0171. The lowest BCUT2D eigenvalue weighted by molar-refractivity contribution is -0.159. The van der Waals surface area contributed by atoms with Crippen molar-refractivity contribution in [3.05, 3.63) is 0 Å². The van der Waals surface area contributed by atoms with E-state index in [-0.39, 0.29) is 12.3 Å². The number of carboxylic acids is 1. The second kappa shape index (κ2) is 7.22. The summed E-state index contributed by atoms with van der Waals surface area (Å²) in [6, 6.07) is 0. The van der Waals surface area contributed by atoms with Gasteiger partial charge in [-0.1, -0.05) is 6.42 Å². The van der Waals surface area contributed by atoms with Crippen molar-refractivity contribution in [3.8, 4) is 0 Å². The number of rotatable bonds is 8. The van der Waals surface area contributed by atoms with Crippen LogP contribution in [0.4, 0.5) is 0 Å². The van der Waals surface area contributed by atoms with Crippen LogP contribution in [0.3, 0.4) is 0 Å². The van der Waals surface area contributed by atoms with Gasteiger partial charge in [-0.05, 0) is 19.3 Å². The highest BCUT2D eigenvalue weighted by atomic mass is 16.5. The lowest BCUT2D eigenvalue weighted by Crippen LogP contribution is -2.43. The van der Waals surface area contributed by atoms with Crippen molar-refractivity contribution in [3.63, 3.8) is 0 Å². The highest BCUT2D eigenvalue weighted by Crippen LogP contribution is 2.44. The summed E-state index contributed by atoms with van der Waals surface area (Å²) in [5.74, 6) is -0.481. The molecule has 6 heteroatoms. The first-order valence-electron chi connectivity index (χ1n) is 7.65. The van der Waals surface area contributed by atoms with Crippen molar-refractivity contribution in [2.75, 3.05) is 40.0 Å². The normalized spacial score (nSPS) is 23.9. The summed E-state index contributed by atoms with van der Waals surface area (Å²) in [7, 11) is 1.64. The number of ether oxygens (including phenoxy) is 2. The first kappa shape index (κ1) is 16.2. The smallest absolute Gasteiger partial charge is 0.310 e. The zero-order valence-corrected chi connectivity index (χ0v) is 12.7. The summed E-state index contributed by atoms with van der Waals surface area (Å²) in [6.45, 7) is 3.19. The zero-order chi connectivity index (χ0) is 15.3. The molecule has 0 aromatic heterocycles. The Morgan fingerprint density at radius 2 is 2.10 bits per heavy atom. The largest absolute Gasteiger partial charge is 0.481 e. The number of aliphatic carboxylic acids is 1. The van der Waals surface area contributed by atoms with Gasteiger partial charge in [0.2, 0.25) is 5.91 Å². The second-order valence-corrected chi connectivity index (χ2v) is 6.18. The molecule has 1 unspecified atom stereocenters. The summed E-state index contributed by atoms with van der Waals surface area (Å²) < 4.78 is 10.4. The number of carboxylic acid groups (broad SMARTS) is 1. The molecule has 1 aliphatic heterocycles. The predicted octanol–water partition coefficient (Wildman–Crippen LogP) is 1.14. The summed E-state index contributed by atoms with van der Waals surface area (Å²) in [4.78, 5) is 25.4. The summed E-state index contributed by atoms with van der Waals surface area (Å²) in [6.07, 6.45) is 3.25. The number of amides is 1. The van der Waals surface area contributed by atoms with E-state index in [1.807, 2.05) is 0 Å². The third kappa shape index (κ3) is 3.95. The number of nitrogens with zero attached hydrogens (tertiary/aromatic N) is 1. The van der Waals surface area contributed by atoms with Gasteiger partial charge in [-0.3, -0.25) is 9.59 Å². The van der Waals surface area contributed by atoms with Gasteiger partial charge in [-0.2, -0.15) is 0 Å². The average molecular weight is 299 g/mol. The van der Waals surface area contributed by atoms with Gasteiger partial charge < -0.3 is 19.5 Å². The van der Waals surface area contributed by atoms with Crippen LogP contribution in [0, 0.1) is 11.3 Å². The molecule has 0 aromatic rings. The van der Waals surface area contributed by atoms with E-state index in [1.54, 1.807) is 12.0 Å². The molecule has 0 spiro atoms. The van der Waals surface area contributed by atoms with Crippen molar-refractivity contribution in [2.24, 2.45) is 11.3 Å². The molecule has 120 valence electrons. The molecule has 1 atom stereocenters. The van der Waals surface area contributed by atoms with Gasteiger partial charge in [0.05, 0.1) is 25.2 Å². The molecule has 1 aliphatic carbocycles. The molecule has 0 bridgehead atoms. The van der Waals surface area contributed by atoms with Crippen molar-refractivity contribution < 1.29 is 24.2 Å². The molecule has 1 amide bonds. The quantitative estimate of drug-likeness (QED) is 0.680. The lowest BCUT2D eigenvalue weighted by Gasteiger charge is -2.38. The molecular formula is C15H25NO5. The first-order valence-corrected chi connectivity index (χ1v) is 7.65. The minimum atomic E-state index is -0.819. The third-order valence-electron chi connectivity index (χ3n) is 4.68. The maximum absolute atomic E-state index is 12.3. The summed E-state index contributed by atoms with van der Waals surface area (Å²) in [5, 5.41) is 9.29. The fourth-order valence-electron chi connectivity index (χ4n) is 3.06. The molecule has 2 fully saturated rings. The van der Waals surface area contributed by atoms with E-state index in [1.165, 1.54) is 0 Å². The van der Waals surface area contributed by atoms with E-state index in [0.717, 1.165) is 12.8 Å². The van der Waals surface area contributed by atoms with E-state index < -0.39 is 11.4 Å². The van der Waals surface area contributed by atoms with Crippen LogP contribution < -0.4 is 0 Å². The minimum Gasteiger partial charge on any atom is -0.481 e. The summed E-state index contributed by atoms with van der Waals surface area (Å²) >= 11 is 0. The van der Waals surface area contributed by atoms with Gasteiger partial charge in [0.25, 0.3) is 0 Å². The highest BCUT2D eigenvalue weighted by Gasteiger charge is 2.47. The van der Waals surface area contributed by atoms with E-state index in [4.69, 9.17) is 9.47 Å². The molecular weight excluding hydrogens is 274 g/mol. The molecule has 1 N–H and O–H groups in total. The Morgan fingerprint density at radius 3 is 2.67 bits per heavy atom. The molecule has 0 radical (unpaired) electrons. The van der Waals surface area contributed by atoms with Crippen LogP contribution in [0.5, 0.6) is 0 Å². The number of hydrogen-bond donors (Lipinski definition) is 1. The third-order valence-corrected chi connectivity index (χ3v) is 4.68. The Labute approximate surface area is 125 Å². The first-order chi connectivity index (χ1) is 10.1. The Morgan fingerprint density at radius 1 is 1.33 bits per heavy atom. The average Bonchev–Trinajstić information content (AvgIpc) is 2.87. The van der Waals surface area contributed by atoms with E-state index in [0.29, 0.717) is 51.7 Å². The number of carbonyl (C=O) groups excluding carboxylic acids is 1. The number of methoxy groups -OCH3 is 1. The Balaban J connectivity index is 1.73. The highest BCUT2D eigenvalue weighted by molar-refractivity contribution is 5.85. The fourth-order valence-corrected chi connectivity index (χ4v) is 3.06. The number of hydrogen-bond acceptors (Lipinski definition) is 4. The van der Waals surface area contributed by atoms with Crippen LogP contribution in [0.25, 0.3) is 0 Å². The molecule has 1 heterocycles. The summed E-state index contributed by atoms with van der Waals surface area (Å²) in [5.41, 5.74) is -0.788. The van der Waals surface area contributed by atoms with Crippen LogP contribution in [-0.4, -0.2) is 61.9 Å². The van der Waals surface area contributed by atoms with E-state index in [9.17, 15) is 14.7 Å². The van der Waals surface area contributed by atoms with Crippen LogP contribution in [0.1, 0.15) is 32.1 Å². The second-order valence-electron chi connectivity index (χ2n) is 6.18. The number of likely N-dealkylation sites (tertiary alicyclic amines) is 1. The van der Waals surface area contributed by atoms with Crippen LogP contribution in [0.2, 0.25) is 0 Å². The molecule has 1 saturated heterocycles. The maximum atomic E-state index is 12.3. The van der Waals surface area contributed by atoms with Gasteiger partial charge >= 0.3 is 5.97 Å². The molecule has 21 heavy (non-hydrogen) atoms. The van der Waals surface area contributed by atoms with Crippen molar-refractivity contribution in [1.29, 1.82) is 0 Å². The van der Waals surface area contributed by atoms with Crippen LogP contribution in [-0.2, 0) is 19.1 Å². The Hall–Kier alpha value is -1.14. The predicted molar refractivity (Wildman–Crippen MR) is 75.9 cm³/mol. The van der Waals surface area contributed by atoms with Gasteiger partial charge in [-0.15, -0.1) is 0 Å². The Bertz CT molecular complexity index is 380. The topological polar surface area (TPSA) is 76.1 Å². The Kier molecular flexibility index (Phi) is 5.58. The molecule has 2 aliphatic rings. The fraction of sp³-hybridized carbons (Fsp3) is 0.867. The molecule has 1 saturated carbocycles. The van der Waals surface area contributed by atoms with Crippen molar-refractivity contribution in [1.82, 2.24) is 4.90 Å². The van der Waals surface area contributed by atoms with Gasteiger partial charge in [0.1, 0.15) is 0 Å². The monoisotopic (exact) mass is 299 g/mol. The van der Waals surface area contributed by atoms with Gasteiger partial charge in [0, 0.05) is 32.5 Å². The van der Waals surface area contributed by atoms with Crippen LogP contribution in [0.15, 0.2) is 0 Å². The SMILES string of the molecule is COCCOCC1CCN(C(=O)CC2(C(=O)O)CCC2)C1. The van der Waals surface area contributed by atoms with Crippen molar-refractivity contribution in [2.45, 2.75) is 32.1 Å².